The smallest absolute Gasteiger partial charge is 0.159 e. The molecular formula is C39H36ClN3. The number of nitrogens with one attached hydrogen (secondary N) is 1. The molecule has 1 heterocycles. The Morgan fingerprint density at radius 2 is 1.42 bits per heavy atom. The van der Waals surface area contributed by atoms with Crippen LogP contribution in [-0.4, -0.2) is 11.7 Å². The summed E-state index contributed by atoms with van der Waals surface area (Å²) < 4.78 is 0. The van der Waals surface area contributed by atoms with E-state index in [1.165, 1.54) is 52.7 Å². The Bertz CT molecular complexity index is 1700. The average molecular weight is 582 g/mol. The molecule has 4 heteroatoms. The van der Waals surface area contributed by atoms with Gasteiger partial charge in [-0.3, -0.25) is 0 Å². The van der Waals surface area contributed by atoms with Crippen molar-refractivity contribution in [2.75, 3.05) is 0 Å². The molecular weight excluding hydrogens is 546 g/mol. The van der Waals surface area contributed by atoms with Crippen LogP contribution in [0.25, 0.3) is 11.1 Å². The Morgan fingerprint density at radius 3 is 2.14 bits per heavy atom. The minimum atomic E-state index is -0.219. The summed E-state index contributed by atoms with van der Waals surface area (Å²) in [5.74, 6) is 1.99. The number of allylic oxidation sites excluding steroid dienone is 9. The molecule has 7 rings (SSSR count). The Kier molecular flexibility index (Phi) is 8.07. The van der Waals surface area contributed by atoms with E-state index in [4.69, 9.17) is 21.6 Å². The van der Waals surface area contributed by atoms with Crippen LogP contribution in [0.2, 0.25) is 0 Å². The topological polar surface area (TPSA) is 36.8 Å². The zero-order chi connectivity index (χ0) is 29.0. The first-order valence-corrected chi connectivity index (χ1v) is 15.9. The maximum atomic E-state index is 6.30. The molecule has 3 nitrogen and oxygen atoms in total. The van der Waals surface area contributed by atoms with Gasteiger partial charge in [0.25, 0.3) is 0 Å². The molecule has 0 aromatic heterocycles. The van der Waals surface area contributed by atoms with Crippen molar-refractivity contribution in [3.8, 4) is 0 Å². The Hall–Kier alpha value is -4.21. The molecule has 3 aromatic rings. The Balaban J connectivity index is 1.20. The molecule has 1 N–H and O–H groups in total. The molecule has 3 aliphatic carbocycles. The van der Waals surface area contributed by atoms with Gasteiger partial charge in [0.05, 0.1) is 0 Å². The zero-order valence-corrected chi connectivity index (χ0v) is 25.1. The molecule has 2 atom stereocenters. The minimum Gasteiger partial charge on any atom is -0.344 e. The summed E-state index contributed by atoms with van der Waals surface area (Å²) in [7, 11) is 0. The van der Waals surface area contributed by atoms with Crippen molar-refractivity contribution in [2.45, 2.75) is 57.0 Å². The summed E-state index contributed by atoms with van der Waals surface area (Å²) in [5, 5.41) is 4.48. The highest BCUT2D eigenvalue weighted by molar-refractivity contribution is 6.31. The Morgan fingerprint density at radius 1 is 0.698 bits per heavy atom. The van der Waals surface area contributed by atoms with Crippen LogP contribution >= 0.6 is 11.6 Å². The highest BCUT2D eigenvalue weighted by Gasteiger charge is 2.24. The third-order valence-electron chi connectivity index (χ3n) is 8.85. The van der Waals surface area contributed by atoms with E-state index >= 15 is 0 Å². The number of amidine groups is 2. The van der Waals surface area contributed by atoms with Gasteiger partial charge in [0.15, 0.2) is 5.84 Å². The van der Waals surface area contributed by atoms with Gasteiger partial charge in [0, 0.05) is 16.5 Å². The van der Waals surface area contributed by atoms with Crippen LogP contribution in [-0.2, 0) is 0 Å². The van der Waals surface area contributed by atoms with E-state index in [0.717, 1.165) is 53.5 Å². The van der Waals surface area contributed by atoms with Crippen LogP contribution in [0, 0.1) is 0 Å². The lowest BCUT2D eigenvalue weighted by atomic mass is 9.91. The number of benzene rings is 3. The second-order valence-electron chi connectivity index (χ2n) is 11.7. The fraction of sp³-hybridized carbons (Fsp3) is 0.231. The van der Waals surface area contributed by atoms with E-state index in [-0.39, 0.29) is 6.17 Å². The summed E-state index contributed by atoms with van der Waals surface area (Å²) in [6, 6.07) is 28.3. The average Bonchev–Trinajstić information content (AvgIpc) is 3.09. The van der Waals surface area contributed by atoms with Crippen molar-refractivity contribution in [3.05, 3.63) is 154 Å². The number of hydrogen-bond acceptors (Lipinski definition) is 3. The second kappa shape index (κ2) is 12.6. The standard InChI is InChI=1S/C39H36ClN3/c40-36-13-7-12-35(26-36)31-18-24-34(25-19-31)39-42-37(32-20-14-29(15-21-32)27-8-3-1-4-9-27)41-38(43-39)33-22-16-30(17-23-33)28-10-5-2-6-11-28/h1,3-4,7-10,13-14,16-20,22-26,35,39H,2,5-6,11-12,15,21H2,(H,41,42,43). The summed E-state index contributed by atoms with van der Waals surface area (Å²) >= 11 is 6.30. The van der Waals surface area contributed by atoms with Gasteiger partial charge in [-0.25, -0.2) is 9.98 Å². The first-order valence-electron chi connectivity index (χ1n) is 15.5. The number of hydrogen-bond donors (Lipinski definition) is 1. The van der Waals surface area contributed by atoms with Gasteiger partial charge >= 0.3 is 0 Å². The van der Waals surface area contributed by atoms with Crippen molar-refractivity contribution in [3.63, 3.8) is 0 Å². The molecule has 0 spiro atoms. The van der Waals surface area contributed by atoms with Gasteiger partial charge < -0.3 is 5.32 Å². The summed E-state index contributed by atoms with van der Waals surface area (Å²) in [6.45, 7) is 0. The van der Waals surface area contributed by atoms with Crippen LogP contribution in [0.4, 0.5) is 0 Å². The number of aliphatic imine (C=N–C) groups is 2. The van der Waals surface area contributed by atoms with Crippen LogP contribution in [0.5, 0.6) is 0 Å². The highest BCUT2D eigenvalue weighted by atomic mass is 35.5. The predicted octanol–water partition coefficient (Wildman–Crippen LogP) is 10.1. The first kappa shape index (κ1) is 27.6. The highest BCUT2D eigenvalue weighted by Crippen LogP contribution is 2.32. The monoisotopic (exact) mass is 581 g/mol. The minimum absolute atomic E-state index is 0.219. The summed E-state index contributed by atoms with van der Waals surface area (Å²) in [5.41, 5.74) is 10.1. The van der Waals surface area contributed by atoms with Crippen molar-refractivity contribution in [1.82, 2.24) is 5.32 Å². The van der Waals surface area contributed by atoms with Crippen LogP contribution < -0.4 is 5.32 Å². The molecule has 43 heavy (non-hydrogen) atoms. The van der Waals surface area contributed by atoms with Crippen molar-refractivity contribution in [2.24, 2.45) is 9.98 Å². The third kappa shape index (κ3) is 6.28. The fourth-order valence-electron chi connectivity index (χ4n) is 6.37. The summed E-state index contributed by atoms with van der Waals surface area (Å²) in [4.78, 5) is 10.2. The molecule has 0 radical (unpaired) electrons. The molecule has 2 unspecified atom stereocenters. The van der Waals surface area contributed by atoms with E-state index in [0.29, 0.717) is 5.92 Å². The fourth-order valence-corrected chi connectivity index (χ4v) is 6.62. The lowest BCUT2D eigenvalue weighted by molar-refractivity contribution is 0.670. The molecule has 1 aliphatic heterocycles. The molecule has 3 aromatic carbocycles. The molecule has 0 saturated carbocycles. The molecule has 4 aliphatic rings. The van der Waals surface area contributed by atoms with E-state index in [1.54, 1.807) is 0 Å². The predicted molar refractivity (Wildman–Crippen MR) is 181 cm³/mol. The summed E-state index contributed by atoms with van der Waals surface area (Å²) in [6.07, 6.45) is 20.7. The number of rotatable bonds is 6. The number of halogens is 1. The first-order chi connectivity index (χ1) is 21.2. The normalized spacial score (nSPS) is 21.9. The zero-order valence-electron chi connectivity index (χ0n) is 24.3. The van der Waals surface area contributed by atoms with E-state index in [2.05, 4.69) is 115 Å². The second-order valence-corrected chi connectivity index (χ2v) is 12.2. The molecule has 0 amide bonds. The van der Waals surface area contributed by atoms with Gasteiger partial charge in [0.2, 0.25) is 0 Å². The quantitative estimate of drug-likeness (QED) is 0.309. The van der Waals surface area contributed by atoms with Gasteiger partial charge in [-0.05, 0) is 90.0 Å². The van der Waals surface area contributed by atoms with Gasteiger partial charge in [-0.15, -0.1) is 0 Å². The van der Waals surface area contributed by atoms with E-state index < -0.39 is 0 Å². The van der Waals surface area contributed by atoms with Gasteiger partial charge in [-0.1, -0.05) is 121 Å². The largest absolute Gasteiger partial charge is 0.344 e. The van der Waals surface area contributed by atoms with Crippen LogP contribution in [0.1, 0.15) is 84.8 Å². The maximum Gasteiger partial charge on any atom is 0.159 e. The van der Waals surface area contributed by atoms with Crippen molar-refractivity contribution < 1.29 is 0 Å². The maximum absolute atomic E-state index is 6.30. The van der Waals surface area contributed by atoms with Crippen LogP contribution in [0.15, 0.2) is 136 Å². The van der Waals surface area contributed by atoms with Crippen molar-refractivity contribution in [1.29, 1.82) is 0 Å². The lowest BCUT2D eigenvalue weighted by Gasteiger charge is -2.26. The molecule has 214 valence electrons. The van der Waals surface area contributed by atoms with Gasteiger partial charge in [-0.2, -0.15) is 0 Å². The molecule has 0 bridgehead atoms. The van der Waals surface area contributed by atoms with Gasteiger partial charge in [0.1, 0.15) is 12.0 Å². The Labute approximate surface area is 259 Å². The van der Waals surface area contributed by atoms with Crippen molar-refractivity contribution >= 4 is 34.4 Å². The lowest BCUT2D eigenvalue weighted by Crippen LogP contribution is -2.34. The molecule has 0 saturated heterocycles. The number of nitrogens with zero attached hydrogens (tertiary/aromatic N) is 2. The van der Waals surface area contributed by atoms with E-state index in [9.17, 15) is 0 Å². The third-order valence-corrected chi connectivity index (χ3v) is 9.11. The molecule has 0 fully saturated rings. The SMILES string of the molecule is ClC1=CC(c2ccc(C3N=C(c4ccc(C5=CCCCC5)cc4)N=C(C4=CC=C(c5ccccc5)CC4)N3)cc2)CC=C1. The van der Waals surface area contributed by atoms with E-state index in [1.807, 2.05) is 6.08 Å². The van der Waals surface area contributed by atoms with Crippen LogP contribution in [0.3, 0.4) is 0 Å².